The van der Waals surface area contributed by atoms with Gasteiger partial charge in [0.25, 0.3) is 0 Å². The van der Waals surface area contributed by atoms with Gasteiger partial charge in [-0.15, -0.1) is 0 Å². The number of nitrogens with one attached hydrogen (secondary N) is 2. The summed E-state index contributed by atoms with van der Waals surface area (Å²) < 4.78 is 0. The number of rotatable bonds is 18. The monoisotopic (exact) mass is 456 g/mol. The van der Waals surface area contributed by atoms with Crippen molar-refractivity contribution >= 4 is 16.8 Å². The normalized spacial score (nSPS) is 12.5. The Morgan fingerprint density at radius 3 is 2.70 bits per heavy atom. The molecule has 0 fully saturated rings. The van der Waals surface area contributed by atoms with E-state index in [4.69, 9.17) is 0 Å². The first kappa shape index (κ1) is 27.0. The average Bonchev–Trinajstić information content (AvgIpc) is 3.20. The number of phenols is 1. The number of aromatic amines is 1. The lowest BCUT2D eigenvalue weighted by Gasteiger charge is -2.07. The van der Waals surface area contributed by atoms with Gasteiger partial charge in [0.05, 0.1) is 6.10 Å². The molecule has 0 spiro atoms. The molecule has 1 heterocycles. The fourth-order valence-electron chi connectivity index (χ4n) is 4.17. The van der Waals surface area contributed by atoms with Crippen LogP contribution >= 0.6 is 0 Å². The number of carbonyl (C=O) groups is 1. The summed E-state index contributed by atoms with van der Waals surface area (Å²) in [5.74, 6) is 0.379. The van der Waals surface area contributed by atoms with E-state index in [2.05, 4.69) is 29.4 Å². The van der Waals surface area contributed by atoms with Gasteiger partial charge < -0.3 is 20.5 Å². The lowest BCUT2D eigenvalue weighted by molar-refractivity contribution is -0.121. The maximum atomic E-state index is 12.1. The van der Waals surface area contributed by atoms with Crippen LogP contribution in [0.1, 0.15) is 96.0 Å². The number of fused-ring (bicyclic) bond motifs is 1. The van der Waals surface area contributed by atoms with Gasteiger partial charge in [-0.25, -0.2) is 0 Å². The van der Waals surface area contributed by atoms with Crippen molar-refractivity contribution in [2.45, 2.75) is 103 Å². The molecule has 4 N–H and O–H groups in total. The third-order valence-corrected chi connectivity index (χ3v) is 6.21. The number of allylic oxidation sites excluding steroid dienone is 1. The van der Waals surface area contributed by atoms with E-state index in [1.807, 2.05) is 12.3 Å². The van der Waals surface area contributed by atoms with E-state index in [-0.39, 0.29) is 17.8 Å². The first-order chi connectivity index (χ1) is 16.1. The molecule has 0 aliphatic carbocycles. The lowest BCUT2D eigenvalue weighted by atomic mass is 10.1. The van der Waals surface area contributed by atoms with Crippen molar-refractivity contribution in [1.82, 2.24) is 10.3 Å². The third-order valence-electron chi connectivity index (χ3n) is 6.21. The number of benzene rings is 1. The van der Waals surface area contributed by atoms with Crippen LogP contribution in [0.3, 0.4) is 0 Å². The molecule has 1 aromatic carbocycles. The first-order valence-corrected chi connectivity index (χ1v) is 13.0. The minimum atomic E-state index is -0.181. The molecule has 5 heteroatoms. The van der Waals surface area contributed by atoms with Crippen molar-refractivity contribution in [2.75, 3.05) is 6.54 Å². The van der Waals surface area contributed by atoms with Crippen LogP contribution in [0, 0.1) is 0 Å². The minimum absolute atomic E-state index is 0.119. The SMILES string of the molecule is CCCCCC[C@H](O)C/C=C\CCCCCCCC(=O)NCCc1c[nH]c2ccc(O)cc12. The van der Waals surface area contributed by atoms with Crippen LogP contribution in [-0.4, -0.2) is 33.8 Å². The fraction of sp³-hybridized carbons (Fsp3) is 0.607. The summed E-state index contributed by atoms with van der Waals surface area (Å²) in [6.07, 6.45) is 20.7. The molecule has 2 aromatic rings. The molecule has 0 aliphatic heterocycles. The summed E-state index contributed by atoms with van der Waals surface area (Å²) in [5.41, 5.74) is 2.11. The zero-order valence-corrected chi connectivity index (χ0v) is 20.5. The second-order valence-electron chi connectivity index (χ2n) is 9.16. The highest BCUT2D eigenvalue weighted by Crippen LogP contribution is 2.23. The molecule has 33 heavy (non-hydrogen) atoms. The number of unbranched alkanes of at least 4 members (excludes halogenated alkanes) is 8. The molecule has 2 rings (SSSR count). The van der Waals surface area contributed by atoms with Gasteiger partial charge in [0, 0.05) is 30.1 Å². The van der Waals surface area contributed by atoms with Gasteiger partial charge >= 0.3 is 0 Å². The summed E-state index contributed by atoms with van der Waals surface area (Å²) in [5, 5.41) is 23.6. The fourth-order valence-corrected chi connectivity index (χ4v) is 4.17. The maximum Gasteiger partial charge on any atom is 0.220 e. The number of carbonyl (C=O) groups excluding carboxylic acids is 1. The number of amides is 1. The van der Waals surface area contributed by atoms with Crippen molar-refractivity contribution in [1.29, 1.82) is 0 Å². The van der Waals surface area contributed by atoms with Gasteiger partial charge in [-0.3, -0.25) is 4.79 Å². The molecule has 1 aromatic heterocycles. The molecule has 0 saturated heterocycles. The molecule has 0 unspecified atom stereocenters. The highest BCUT2D eigenvalue weighted by Gasteiger charge is 2.06. The predicted octanol–water partition coefficient (Wildman–Crippen LogP) is 6.54. The van der Waals surface area contributed by atoms with E-state index in [1.165, 1.54) is 38.5 Å². The van der Waals surface area contributed by atoms with Crippen molar-refractivity contribution in [3.8, 4) is 5.75 Å². The summed E-state index contributed by atoms with van der Waals surface area (Å²) >= 11 is 0. The summed E-state index contributed by atoms with van der Waals surface area (Å²) in [7, 11) is 0. The third kappa shape index (κ3) is 11.4. The van der Waals surface area contributed by atoms with Gasteiger partial charge in [-0.05, 0) is 62.3 Å². The highest BCUT2D eigenvalue weighted by atomic mass is 16.3. The Morgan fingerprint density at radius 1 is 1.06 bits per heavy atom. The van der Waals surface area contributed by atoms with E-state index in [1.54, 1.807) is 12.1 Å². The Balaban J connectivity index is 1.42. The highest BCUT2D eigenvalue weighted by molar-refractivity contribution is 5.84. The van der Waals surface area contributed by atoms with E-state index in [0.717, 1.165) is 61.4 Å². The number of aromatic nitrogens is 1. The lowest BCUT2D eigenvalue weighted by Crippen LogP contribution is -2.25. The maximum absolute atomic E-state index is 12.1. The van der Waals surface area contributed by atoms with Crippen LogP contribution in [0.5, 0.6) is 5.75 Å². The van der Waals surface area contributed by atoms with Crippen molar-refractivity contribution < 1.29 is 15.0 Å². The topological polar surface area (TPSA) is 85.4 Å². The molecule has 0 radical (unpaired) electrons. The minimum Gasteiger partial charge on any atom is -0.508 e. The van der Waals surface area contributed by atoms with Crippen LogP contribution in [0.2, 0.25) is 0 Å². The quantitative estimate of drug-likeness (QED) is 0.152. The van der Waals surface area contributed by atoms with E-state index < -0.39 is 0 Å². The Labute approximate surface area is 199 Å². The Kier molecular flexibility index (Phi) is 13.4. The number of aromatic hydroxyl groups is 1. The molecule has 0 aliphatic rings. The van der Waals surface area contributed by atoms with Gasteiger partial charge in [-0.2, -0.15) is 0 Å². The van der Waals surface area contributed by atoms with Crippen LogP contribution in [0.15, 0.2) is 36.5 Å². The molecule has 5 nitrogen and oxygen atoms in total. The molecule has 1 atom stereocenters. The van der Waals surface area contributed by atoms with Gasteiger partial charge in [0.2, 0.25) is 5.91 Å². The Morgan fingerprint density at radius 2 is 1.85 bits per heavy atom. The largest absolute Gasteiger partial charge is 0.508 e. The van der Waals surface area contributed by atoms with Crippen molar-refractivity contribution in [3.05, 3.63) is 42.1 Å². The zero-order valence-electron chi connectivity index (χ0n) is 20.5. The van der Waals surface area contributed by atoms with E-state index in [9.17, 15) is 15.0 Å². The summed E-state index contributed by atoms with van der Waals surface area (Å²) in [6, 6.07) is 5.30. The molecule has 184 valence electrons. The number of aliphatic hydroxyl groups excluding tert-OH is 1. The molecule has 1 amide bonds. The smallest absolute Gasteiger partial charge is 0.220 e. The first-order valence-electron chi connectivity index (χ1n) is 13.0. The van der Waals surface area contributed by atoms with Crippen LogP contribution in [0.4, 0.5) is 0 Å². The van der Waals surface area contributed by atoms with E-state index in [0.29, 0.717) is 13.0 Å². The van der Waals surface area contributed by atoms with Crippen LogP contribution in [-0.2, 0) is 11.2 Å². The van der Waals surface area contributed by atoms with Gasteiger partial charge in [0.15, 0.2) is 0 Å². The zero-order chi connectivity index (χ0) is 23.7. The number of hydrogen-bond acceptors (Lipinski definition) is 3. The summed E-state index contributed by atoms with van der Waals surface area (Å²) in [4.78, 5) is 15.3. The number of phenolic OH excluding ortho intramolecular Hbond substituents is 1. The Hall–Kier alpha value is -2.27. The van der Waals surface area contributed by atoms with Crippen molar-refractivity contribution in [3.63, 3.8) is 0 Å². The van der Waals surface area contributed by atoms with Gasteiger partial charge in [-0.1, -0.05) is 64.0 Å². The molecular formula is C28H44N2O3. The molecule has 0 saturated carbocycles. The van der Waals surface area contributed by atoms with E-state index >= 15 is 0 Å². The molecule has 0 bridgehead atoms. The second-order valence-corrected chi connectivity index (χ2v) is 9.16. The van der Waals surface area contributed by atoms with Gasteiger partial charge in [0.1, 0.15) is 5.75 Å². The van der Waals surface area contributed by atoms with Crippen LogP contribution in [0.25, 0.3) is 10.9 Å². The predicted molar refractivity (Wildman–Crippen MR) is 138 cm³/mol. The number of aliphatic hydroxyl groups is 1. The van der Waals surface area contributed by atoms with Crippen LogP contribution < -0.4 is 5.32 Å². The second kappa shape index (κ2) is 16.4. The number of H-pyrrole nitrogens is 1. The summed E-state index contributed by atoms with van der Waals surface area (Å²) in [6.45, 7) is 2.82. The standard InChI is InChI=1S/C28H44N2O3/c1-2-3-4-11-14-24(31)15-12-9-7-5-6-8-10-13-16-28(33)29-20-19-23-22-30-27-18-17-25(32)21-26(23)27/h9,12,17-18,21-22,24,30-32H,2-8,10-11,13-16,19-20H2,1H3,(H,29,33)/b12-9-/t24-/m0/s1. The van der Waals surface area contributed by atoms with Crippen molar-refractivity contribution in [2.24, 2.45) is 0 Å². The molecular weight excluding hydrogens is 412 g/mol. The number of hydrogen-bond donors (Lipinski definition) is 4. The Bertz CT molecular complexity index is 828. The average molecular weight is 457 g/mol.